The van der Waals surface area contributed by atoms with Gasteiger partial charge in [0.05, 0.1) is 22.3 Å². The van der Waals surface area contributed by atoms with Gasteiger partial charge in [0.15, 0.2) is 0 Å². The Morgan fingerprint density at radius 2 is 0.773 bits per heavy atom. The zero-order valence-corrected chi connectivity index (χ0v) is 22.5. The number of para-hydroxylation sites is 2. The zero-order chi connectivity index (χ0) is 29.7. The molecular formula is C34H12B2N4O4. The van der Waals surface area contributed by atoms with Crippen molar-refractivity contribution in [3.8, 4) is 70.3 Å². The maximum Gasteiger partial charge on any atom is 0.260 e. The maximum atomic E-state index is 10.0. The van der Waals surface area contributed by atoms with Crippen LogP contribution in [0.3, 0.4) is 0 Å². The van der Waals surface area contributed by atoms with Gasteiger partial charge in [-0.1, -0.05) is 42.5 Å². The summed E-state index contributed by atoms with van der Waals surface area (Å²) in [5, 5.41) is 40.1. The average Bonchev–Trinajstić information content (AvgIpc) is 3.07. The molecular weight excluding hydrogens is 550 g/mol. The molecule has 198 valence electrons. The highest BCUT2D eigenvalue weighted by Crippen LogP contribution is 2.42. The first-order valence-electron chi connectivity index (χ1n) is 13.7. The molecule has 4 heterocycles. The van der Waals surface area contributed by atoms with E-state index in [0.29, 0.717) is 56.9 Å². The van der Waals surface area contributed by atoms with E-state index < -0.39 is 13.4 Å². The van der Waals surface area contributed by atoms with Gasteiger partial charge < -0.3 is 18.9 Å². The van der Waals surface area contributed by atoms with Crippen molar-refractivity contribution in [2.24, 2.45) is 0 Å². The van der Waals surface area contributed by atoms with E-state index >= 15 is 0 Å². The highest BCUT2D eigenvalue weighted by Gasteiger charge is 2.47. The molecule has 4 aliphatic heterocycles. The van der Waals surface area contributed by atoms with Crippen LogP contribution < -0.4 is 51.7 Å². The van der Waals surface area contributed by atoms with Crippen molar-refractivity contribution in [1.82, 2.24) is 0 Å². The minimum Gasteiger partial charge on any atom is -0.457 e. The predicted octanol–water partition coefficient (Wildman–Crippen LogP) is 2.63. The molecule has 0 unspecified atom stereocenters. The molecule has 0 radical (unpaired) electrons. The molecule has 5 aromatic carbocycles. The Hall–Kier alpha value is -6.61. The molecule has 0 bridgehead atoms. The lowest BCUT2D eigenvalue weighted by molar-refractivity contribution is 0.450. The van der Waals surface area contributed by atoms with Gasteiger partial charge in [0, 0.05) is 17.0 Å². The summed E-state index contributed by atoms with van der Waals surface area (Å²) in [7, 11) is 0. The van der Waals surface area contributed by atoms with Gasteiger partial charge in [0.1, 0.15) is 70.3 Å². The molecule has 8 nitrogen and oxygen atoms in total. The number of benzene rings is 5. The first-order chi connectivity index (χ1) is 21.6. The van der Waals surface area contributed by atoms with Crippen molar-refractivity contribution >= 4 is 46.2 Å². The van der Waals surface area contributed by atoms with Crippen molar-refractivity contribution in [1.29, 1.82) is 21.0 Å². The van der Waals surface area contributed by atoms with Crippen molar-refractivity contribution in [3.63, 3.8) is 0 Å². The molecule has 9 rings (SSSR count). The van der Waals surface area contributed by atoms with E-state index in [1.165, 1.54) is 12.1 Å². The Morgan fingerprint density at radius 1 is 0.409 bits per heavy atom. The van der Waals surface area contributed by atoms with Gasteiger partial charge in [-0.3, -0.25) is 0 Å². The molecule has 0 spiro atoms. The van der Waals surface area contributed by atoms with E-state index in [2.05, 4.69) is 24.3 Å². The third-order valence-electron chi connectivity index (χ3n) is 8.67. The number of nitrogens with zero attached hydrogens (tertiary/aromatic N) is 4. The molecule has 0 saturated carbocycles. The summed E-state index contributed by atoms with van der Waals surface area (Å²) in [6.07, 6.45) is 0. The zero-order valence-electron chi connectivity index (χ0n) is 22.5. The summed E-state index contributed by atoms with van der Waals surface area (Å²) in [5.41, 5.74) is 5.54. The lowest BCUT2D eigenvalue weighted by atomic mass is 9.31. The molecule has 0 aromatic heterocycles. The van der Waals surface area contributed by atoms with Crippen molar-refractivity contribution in [2.45, 2.75) is 0 Å². The van der Waals surface area contributed by atoms with Crippen LogP contribution in [0, 0.1) is 45.3 Å². The third kappa shape index (κ3) is 2.94. The number of hydrogen-bond acceptors (Lipinski definition) is 8. The van der Waals surface area contributed by atoms with Gasteiger partial charge in [-0.15, -0.1) is 0 Å². The summed E-state index contributed by atoms with van der Waals surface area (Å²) in [6.45, 7) is -0.814. The van der Waals surface area contributed by atoms with E-state index in [4.69, 9.17) is 18.9 Å². The lowest BCUT2D eigenvalue weighted by Gasteiger charge is -2.37. The Morgan fingerprint density at radius 3 is 1.16 bits per heavy atom. The third-order valence-corrected chi connectivity index (χ3v) is 8.67. The average molecular weight is 562 g/mol. The minimum absolute atomic E-state index is 0.224. The normalized spacial score (nSPS) is 13.1. The molecule has 5 aromatic rings. The number of nitriles is 4. The fourth-order valence-corrected chi connectivity index (χ4v) is 6.88. The molecule has 0 amide bonds. The Kier molecular flexibility index (Phi) is 4.62. The summed E-state index contributed by atoms with van der Waals surface area (Å²) in [5.74, 6) is 3.60. The molecule has 0 atom stereocenters. The first kappa shape index (κ1) is 24.0. The Labute approximate surface area is 251 Å². The van der Waals surface area contributed by atoms with E-state index in [9.17, 15) is 21.0 Å². The fraction of sp³-hybridized carbons (Fsp3) is 0. The minimum atomic E-state index is -0.407. The SMILES string of the molecule is N#Cc1cc(C#N)c2c3c1Oc1ccccc1B3c1cc3c(cc1O2)Oc1c(C#N)cc(C#N)c2c1B3c1ccccc1O2. The molecule has 44 heavy (non-hydrogen) atoms. The van der Waals surface area contributed by atoms with Crippen molar-refractivity contribution in [3.05, 3.63) is 95.1 Å². The smallest absolute Gasteiger partial charge is 0.260 e. The standard InChI is InChI=1S/C34H12B2N4O4/c37-13-17-9-19(15-39)33-29-31(17)41-25-7-3-1-5-21(25)35(29)23-11-24-28(12-27(23)43-33)44-34-20(16-40)10-18(14-38)32-30(34)36(24)22-6-2-4-8-26(22)42-32/h1-12H. The molecule has 10 heteroatoms. The van der Waals surface area contributed by atoms with Crippen molar-refractivity contribution in [2.75, 3.05) is 0 Å². The van der Waals surface area contributed by atoms with Gasteiger partial charge in [0.2, 0.25) is 0 Å². The van der Waals surface area contributed by atoms with Crippen LogP contribution in [0.1, 0.15) is 22.3 Å². The highest BCUT2D eigenvalue weighted by atomic mass is 16.5. The topological polar surface area (TPSA) is 132 Å². The quantitative estimate of drug-likeness (QED) is 0.258. The molecule has 4 aliphatic rings. The van der Waals surface area contributed by atoms with Gasteiger partial charge >= 0.3 is 0 Å². The lowest BCUT2D eigenvalue weighted by Crippen LogP contribution is -2.61. The molecule has 0 N–H and O–H groups in total. The molecule has 0 fully saturated rings. The fourth-order valence-electron chi connectivity index (χ4n) is 6.88. The van der Waals surface area contributed by atoms with Gasteiger partial charge in [-0.2, -0.15) is 21.0 Å². The number of rotatable bonds is 0. The number of fused-ring (bicyclic) bond motifs is 8. The van der Waals surface area contributed by atoms with Crippen molar-refractivity contribution < 1.29 is 18.9 Å². The van der Waals surface area contributed by atoms with Crippen LogP contribution >= 0.6 is 0 Å². The monoisotopic (exact) mass is 562 g/mol. The molecule has 0 saturated heterocycles. The van der Waals surface area contributed by atoms with Crippen LogP contribution in [0.15, 0.2) is 72.8 Å². The molecule has 0 aliphatic carbocycles. The van der Waals surface area contributed by atoms with E-state index in [0.717, 1.165) is 21.9 Å². The second kappa shape index (κ2) is 8.46. The van der Waals surface area contributed by atoms with E-state index in [-0.39, 0.29) is 22.3 Å². The van der Waals surface area contributed by atoms with Crippen LogP contribution in [-0.2, 0) is 0 Å². The Bertz CT molecular complexity index is 2220. The summed E-state index contributed by atoms with van der Waals surface area (Å²) >= 11 is 0. The number of hydrogen-bond donors (Lipinski definition) is 0. The van der Waals surface area contributed by atoms with Crippen LogP contribution in [0.5, 0.6) is 46.0 Å². The van der Waals surface area contributed by atoms with Gasteiger partial charge in [-0.25, -0.2) is 0 Å². The summed E-state index contributed by atoms with van der Waals surface area (Å²) in [6, 6.07) is 30.8. The Balaban J connectivity index is 1.36. The first-order valence-corrected chi connectivity index (χ1v) is 13.7. The van der Waals surface area contributed by atoms with Crippen LogP contribution in [0.2, 0.25) is 0 Å². The van der Waals surface area contributed by atoms with E-state index in [1.807, 2.05) is 54.6 Å². The second-order valence-electron chi connectivity index (χ2n) is 10.8. The van der Waals surface area contributed by atoms with Crippen LogP contribution in [0.4, 0.5) is 0 Å². The van der Waals surface area contributed by atoms with Gasteiger partial charge in [-0.05, 0) is 46.1 Å². The maximum absolute atomic E-state index is 10.0. The van der Waals surface area contributed by atoms with Gasteiger partial charge in [0.25, 0.3) is 13.4 Å². The highest BCUT2D eigenvalue weighted by molar-refractivity contribution is 7.01. The predicted molar refractivity (Wildman–Crippen MR) is 161 cm³/mol. The van der Waals surface area contributed by atoms with E-state index in [1.54, 1.807) is 6.07 Å². The van der Waals surface area contributed by atoms with Crippen LogP contribution in [-0.4, -0.2) is 13.4 Å². The largest absolute Gasteiger partial charge is 0.457 e. The number of ether oxygens (including phenoxy) is 4. The van der Waals surface area contributed by atoms with Crippen LogP contribution in [0.25, 0.3) is 0 Å². The summed E-state index contributed by atoms with van der Waals surface area (Å²) < 4.78 is 25.5. The second-order valence-corrected chi connectivity index (χ2v) is 10.8. The summed E-state index contributed by atoms with van der Waals surface area (Å²) in [4.78, 5) is 0.